The summed E-state index contributed by atoms with van der Waals surface area (Å²) in [6, 6.07) is 7.93. The molecule has 4 nitrogen and oxygen atoms in total. The fourth-order valence-corrected chi connectivity index (χ4v) is 1.84. The van der Waals surface area contributed by atoms with Gasteiger partial charge in [-0.2, -0.15) is 0 Å². The van der Waals surface area contributed by atoms with Gasteiger partial charge in [0.2, 0.25) is 0 Å². The summed E-state index contributed by atoms with van der Waals surface area (Å²) in [6.45, 7) is 6.59. The van der Waals surface area contributed by atoms with Gasteiger partial charge in [-0.15, -0.1) is 0 Å². The van der Waals surface area contributed by atoms with Crippen LogP contribution in [-0.2, 0) is 9.53 Å². The number of hydrogen-bond donors (Lipinski definition) is 0. The van der Waals surface area contributed by atoms with Gasteiger partial charge in [0.1, 0.15) is 12.4 Å². The second-order valence-corrected chi connectivity index (χ2v) is 4.47. The average Bonchev–Trinajstić information content (AvgIpc) is 2.41. The topological polar surface area (TPSA) is 38.8 Å². The van der Waals surface area contributed by atoms with Gasteiger partial charge in [0.15, 0.2) is 0 Å². The van der Waals surface area contributed by atoms with Crippen LogP contribution >= 0.6 is 0 Å². The van der Waals surface area contributed by atoms with Crippen LogP contribution in [0.4, 0.5) is 0 Å². The third-order valence-corrected chi connectivity index (χ3v) is 2.88. The zero-order valence-corrected chi connectivity index (χ0v) is 12.0. The van der Waals surface area contributed by atoms with E-state index in [0.29, 0.717) is 13.2 Å². The Morgan fingerprint density at radius 2 is 2.00 bits per heavy atom. The fraction of sp³-hybridized carbons (Fsp3) is 0.533. The molecular weight excluding hydrogens is 242 g/mol. The Morgan fingerprint density at radius 1 is 1.26 bits per heavy atom. The predicted octanol–water partition coefficient (Wildman–Crippen LogP) is 2.26. The van der Waals surface area contributed by atoms with Crippen LogP contribution in [-0.4, -0.2) is 44.2 Å². The van der Waals surface area contributed by atoms with Crippen LogP contribution in [0.5, 0.6) is 5.75 Å². The second kappa shape index (κ2) is 8.53. The zero-order chi connectivity index (χ0) is 14.1. The highest BCUT2D eigenvalue weighted by atomic mass is 16.5. The van der Waals surface area contributed by atoms with Gasteiger partial charge < -0.3 is 9.47 Å². The molecule has 1 aromatic rings. The number of methoxy groups -OCH3 is 1. The first-order valence-corrected chi connectivity index (χ1v) is 6.65. The molecule has 0 fully saturated rings. The molecule has 4 heteroatoms. The van der Waals surface area contributed by atoms with Gasteiger partial charge in [0.25, 0.3) is 0 Å². The van der Waals surface area contributed by atoms with Gasteiger partial charge in [-0.3, -0.25) is 9.69 Å². The van der Waals surface area contributed by atoms with Crippen LogP contribution in [0, 0.1) is 6.92 Å². The first-order chi connectivity index (χ1) is 9.17. The Morgan fingerprint density at radius 3 is 2.63 bits per heavy atom. The molecule has 0 amide bonds. The van der Waals surface area contributed by atoms with E-state index in [1.807, 2.05) is 36.1 Å². The van der Waals surface area contributed by atoms with E-state index < -0.39 is 0 Å². The van der Waals surface area contributed by atoms with Crippen molar-refractivity contribution < 1.29 is 14.3 Å². The molecule has 106 valence electrons. The molecule has 0 aliphatic rings. The lowest BCUT2D eigenvalue weighted by molar-refractivity contribution is -0.142. The maximum atomic E-state index is 11.3. The average molecular weight is 265 g/mol. The molecule has 0 aromatic heterocycles. The Labute approximate surface area is 115 Å². The number of para-hydroxylation sites is 1. The summed E-state index contributed by atoms with van der Waals surface area (Å²) >= 11 is 0. The van der Waals surface area contributed by atoms with Crippen molar-refractivity contribution in [2.75, 3.05) is 33.4 Å². The van der Waals surface area contributed by atoms with Gasteiger partial charge in [-0.25, -0.2) is 0 Å². The fourth-order valence-electron chi connectivity index (χ4n) is 1.84. The Kier molecular flexibility index (Phi) is 6.97. The first-order valence-electron chi connectivity index (χ1n) is 6.65. The van der Waals surface area contributed by atoms with E-state index in [9.17, 15) is 4.79 Å². The van der Waals surface area contributed by atoms with E-state index in [4.69, 9.17) is 4.74 Å². The number of aryl methyl sites for hydroxylation is 1. The summed E-state index contributed by atoms with van der Waals surface area (Å²) in [7, 11) is 1.41. The van der Waals surface area contributed by atoms with Crippen molar-refractivity contribution in [3.63, 3.8) is 0 Å². The summed E-state index contributed by atoms with van der Waals surface area (Å²) < 4.78 is 10.4. The number of benzene rings is 1. The minimum absolute atomic E-state index is 0.204. The standard InChI is InChI=1S/C15H23NO3/c1-4-9-16(12-15(17)18-3)10-11-19-14-8-6-5-7-13(14)2/h5-8H,4,9-12H2,1-3H3. The smallest absolute Gasteiger partial charge is 0.319 e. The Balaban J connectivity index is 2.39. The summed E-state index contributed by atoms with van der Waals surface area (Å²) in [4.78, 5) is 13.3. The van der Waals surface area contributed by atoms with Crippen LogP contribution in [0.1, 0.15) is 18.9 Å². The molecular formula is C15H23NO3. The van der Waals surface area contributed by atoms with Crippen LogP contribution in [0.15, 0.2) is 24.3 Å². The summed E-state index contributed by atoms with van der Waals surface area (Å²) in [5, 5.41) is 0. The highest BCUT2D eigenvalue weighted by Gasteiger charge is 2.10. The monoisotopic (exact) mass is 265 g/mol. The first kappa shape index (κ1) is 15.5. The summed E-state index contributed by atoms with van der Waals surface area (Å²) in [5.74, 6) is 0.696. The zero-order valence-electron chi connectivity index (χ0n) is 12.0. The molecule has 0 N–H and O–H groups in total. The van der Waals surface area contributed by atoms with E-state index in [1.165, 1.54) is 7.11 Å². The van der Waals surface area contributed by atoms with E-state index in [1.54, 1.807) is 0 Å². The molecule has 0 radical (unpaired) electrons. The lowest BCUT2D eigenvalue weighted by atomic mass is 10.2. The van der Waals surface area contributed by atoms with Crippen LogP contribution in [0.2, 0.25) is 0 Å². The van der Waals surface area contributed by atoms with Crippen molar-refractivity contribution in [2.45, 2.75) is 20.3 Å². The number of carbonyl (C=O) groups is 1. The number of esters is 1. The van der Waals surface area contributed by atoms with Gasteiger partial charge >= 0.3 is 5.97 Å². The number of rotatable bonds is 8. The molecule has 0 unspecified atom stereocenters. The third-order valence-electron chi connectivity index (χ3n) is 2.88. The van der Waals surface area contributed by atoms with Crippen molar-refractivity contribution >= 4 is 5.97 Å². The van der Waals surface area contributed by atoms with E-state index >= 15 is 0 Å². The summed E-state index contributed by atoms with van der Waals surface area (Å²) in [5.41, 5.74) is 1.12. The quantitative estimate of drug-likeness (QED) is 0.676. The molecule has 0 spiro atoms. The Hall–Kier alpha value is -1.55. The lowest BCUT2D eigenvalue weighted by Gasteiger charge is -2.20. The molecule has 0 saturated heterocycles. The highest BCUT2D eigenvalue weighted by Crippen LogP contribution is 2.15. The van der Waals surface area contributed by atoms with Crippen LogP contribution in [0.25, 0.3) is 0 Å². The minimum Gasteiger partial charge on any atom is -0.492 e. The van der Waals surface area contributed by atoms with E-state index in [-0.39, 0.29) is 5.97 Å². The van der Waals surface area contributed by atoms with Crippen LogP contribution in [0.3, 0.4) is 0 Å². The van der Waals surface area contributed by atoms with Crippen molar-refractivity contribution in [1.82, 2.24) is 4.90 Å². The molecule has 0 saturated carbocycles. The molecule has 0 aliphatic heterocycles. The van der Waals surface area contributed by atoms with Crippen molar-refractivity contribution in [3.8, 4) is 5.75 Å². The van der Waals surface area contributed by atoms with Gasteiger partial charge in [-0.1, -0.05) is 25.1 Å². The molecule has 1 rings (SSSR count). The molecule has 0 atom stereocenters. The largest absolute Gasteiger partial charge is 0.492 e. The SMILES string of the molecule is CCCN(CCOc1ccccc1C)CC(=O)OC. The highest BCUT2D eigenvalue weighted by molar-refractivity contribution is 5.71. The molecule has 0 heterocycles. The van der Waals surface area contributed by atoms with Crippen LogP contribution < -0.4 is 4.74 Å². The minimum atomic E-state index is -0.204. The molecule has 1 aromatic carbocycles. The van der Waals surface area contributed by atoms with Gasteiger partial charge in [-0.05, 0) is 31.5 Å². The predicted molar refractivity (Wildman–Crippen MR) is 75.4 cm³/mol. The van der Waals surface area contributed by atoms with Gasteiger partial charge in [0.05, 0.1) is 13.7 Å². The Bertz CT molecular complexity index is 393. The van der Waals surface area contributed by atoms with E-state index in [2.05, 4.69) is 11.7 Å². The number of hydrogen-bond acceptors (Lipinski definition) is 4. The summed E-state index contributed by atoms with van der Waals surface area (Å²) in [6.07, 6.45) is 1.00. The van der Waals surface area contributed by atoms with Crippen molar-refractivity contribution in [3.05, 3.63) is 29.8 Å². The maximum absolute atomic E-state index is 11.3. The molecule has 0 bridgehead atoms. The van der Waals surface area contributed by atoms with Gasteiger partial charge in [0, 0.05) is 6.54 Å². The second-order valence-electron chi connectivity index (χ2n) is 4.47. The third kappa shape index (κ3) is 5.75. The normalized spacial score (nSPS) is 10.5. The molecule has 0 aliphatic carbocycles. The maximum Gasteiger partial charge on any atom is 0.319 e. The lowest BCUT2D eigenvalue weighted by Crippen LogP contribution is -2.34. The molecule has 19 heavy (non-hydrogen) atoms. The van der Waals surface area contributed by atoms with E-state index in [0.717, 1.165) is 30.8 Å². The number of carbonyl (C=O) groups excluding carboxylic acids is 1. The van der Waals surface area contributed by atoms with Crippen molar-refractivity contribution in [1.29, 1.82) is 0 Å². The number of ether oxygens (including phenoxy) is 2. The number of nitrogens with zero attached hydrogens (tertiary/aromatic N) is 1. The van der Waals surface area contributed by atoms with Crippen molar-refractivity contribution in [2.24, 2.45) is 0 Å².